The Morgan fingerprint density at radius 1 is 1.26 bits per heavy atom. The van der Waals surface area contributed by atoms with E-state index in [1.54, 1.807) is 32.5 Å². The number of imidazole rings is 1. The van der Waals surface area contributed by atoms with E-state index in [-0.39, 0.29) is 5.82 Å². The summed E-state index contributed by atoms with van der Waals surface area (Å²) in [6.45, 7) is 3.91. The van der Waals surface area contributed by atoms with Crippen LogP contribution in [0.2, 0.25) is 0 Å². The van der Waals surface area contributed by atoms with Gasteiger partial charge in [-0.15, -0.1) is 0 Å². The molecule has 0 fully saturated rings. The van der Waals surface area contributed by atoms with Crippen LogP contribution in [0.25, 0.3) is 33.3 Å². The van der Waals surface area contributed by atoms with Crippen LogP contribution in [0, 0.1) is 5.82 Å². The topological polar surface area (TPSA) is 78.1 Å². The van der Waals surface area contributed by atoms with Crippen LogP contribution in [0.5, 0.6) is 5.75 Å². The zero-order valence-corrected chi connectivity index (χ0v) is 17.6. The van der Waals surface area contributed by atoms with Crippen molar-refractivity contribution in [2.24, 2.45) is 7.05 Å². The van der Waals surface area contributed by atoms with Crippen molar-refractivity contribution in [1.29, 1.82) is 0 Å². The monoisotopic (exact) mass is 420 g/mol. The van der Waals surface area contributed by atoms with Crippen molar-refractivity contribution in [1.82, 2.24) is 29.0 Å². The molecular formula is C22H21FN6O2. The van der Waals surface area contributed by atoms with E-state index in [0.717, 1.165) is 17.3 Å². The van der Waals surface area contributed by atoms with Crippen LogP contribution >= 0.6 is 0 Å². The first-order chi connectivity index (χ1) is 14.9. The average molecular weight is 420 g/mol. The molecule has 3 aromatic heterocycles. The lowest BCUT2D eigenvalue weighted by atomic mass is 10.0. The highest BCUT2D eigenvalue weighted by Crippen LogP contribution is 2.34. The van der Waals surface area contributed by atoms with Crippen molar-refractivity contribution in [3.05, 3.63) is 71.6 Å². The molecule has 9 heteroatoms. The fourth-order valence-corrected chi connectivity index (χ4v) is 3.60. The number of nitrogens with zero attached hydrogens (tertiary/aromatic N) is 6. The number of ether oxygens (including phenoxy) is 1. The molecule has 0 bridgehead atoms. The van der Waals surface area contributed by atoms with E-state index in [0.29, 0.717) is 27.7 Å². The summed E-state index contributed by atoms with van der Waals surface area (Å²) in [6, 6.07) is 3.66. The Bertz CT molecular complexity index is 1420. The third kappa shape index (κ3) is 3.24. The fraction of sp³-hybridized carbons (Fsp3) is 0.182. The minimum atomic E-state index is -0.699. The highest BCUT2D eigenvalue weighted by Gasteiger charge is 2.21. The zero-order valence-electron chi connectivity index (χ0n) is 17.6. The van der Waals surface area contributed by atoms with Crippen molar-refractivity contribution in [3.63, 3.8) is 0 Å². The van der Waals surface area contributed by atoms with Gasteiger partial charge in [-0.05, 0) is 6.07 Å². The highest BCUT2D eigenvalue weighted by atomic mass is 19.1. The smallest absolute Gasteiger partial charge is 0.334 e. The molecule has 0 saturated heterocycles. The average Bonchev–Trinajstić information content (AvgIpc) is 3.02. The van der Waals surface area contributed by atoms with Crippen molar-refractivity contribution in [3.8, 4) is 11.6 Å². The zero-order chi connectivity index (χ0) is 22.3. The summed E-state index contributed by atoms with van der Waals surface area (Å²) in [5.74, 6) is -0.219. The molecule has 0 spiro atoms. The SMILES string of the molecule is C=C/C(=C\N(C)C)c1cc2c(cc1OC)ncc1c2n(-c2ncncc2F)c(=O)n1C. The number of aryl methyl sites for hydroxylation is 1. The van der Waals surface area contributed by atoms with Gasteiger partial charge in [0.15, 0.2) is 11.6 Å². The van der Waals surface area contributed by atoms with Gasteiger partial charge < -0.3 is 9.64 Å². The van der Waals surface area contributed by atoms with E-state index in [2.05, 4.69) is 21.5 Å². The van der Waals surface area contributed by atoms with Gasteiger partial charge in [-0.1, -0.05) is 12.7 Å². The van der Waals surface area contributed by atoms with Crippen molar-refractivity contribution in [2.75, 3.05) is 21.2 Å². The minimum Gasteiger partial charge on any atom is -0.496 e. The molecule has 158 valence electrons. The van der Waals surface area contributed by atoms with Crippen molar-refractivity contribution in [2.45, 2.75) is 0 Å². The second-order valence-corrected chi connectivity index (χ2v) is 7.19. The molecular weight excluding hydrogens is 399 g/mol. The molecule has 0 saturated carbocycles. The first-order valence-corrected chi connectivity index (χ1v) is 9.42. The molecule has 0 aliphatic heterocycles. The first kappa shape index (κ1) is 20.3. The van der Waals surface area contributed by atoms with Crippen LogP contribution in [0.3, 0.4) is 0 Å². The van der Waals surface area contributed by atoms with Crippen LogP contribution in [0.4, 0.5) is 4.39 Å². The second-order valence-electron chi connectivity index (χ2n) is 7.19. The Kier molecular flexibility index (Phi) is 5.02. The lowest BCUT2D eigenvalue weighted by molar-refractivity contribution is 0.414. The number of rotatable bonds is 5. The maximum absolute atomic E-state index is 14.6. The molecule has 1 aromatic carbocycles. The van der Waals surface area contributed by atoms with Crippen molar-refractivity contribution < 1.29 is 9.13 Å². The molecule has 0 radical (unpaired) electrons. The van der Waals surface area contributed by atoms with Gasteiger partial charge in [0.1, 0.15) is 12.1 Å². The number of fused-ring (bicyclic) bond motifs is 3. The van der Waals surface area contributed by atoms with Gasteiger partial charge in [0.2, 0.25) is 0 Å². The van der Waals surface area contributed by atoms with Gasteiger partial charge in [0.05, 0.1) is 36.1 Å². The predicted octanol–water partition coefficient (Wildman–Crippen LogP) is 2.90. The van der Waals surface area contributed by atoms with Gasteiger partial charge in [0, 0.05) is 49.9 Å². The molecule has 3 heterocycles. The number of halogens is 1. The maximum Gasteiger partial charge on any atom is 0.334 e. The molecule has 4 aromatic rings. The Morgan fingerprint density at radius 3 is 2.68 bits per heavy atom. The van der Waals surface area contributed by atoms with E-state index >= 15 is 0 Å². The quantitative estimate of drug-likeness (QED) is 0.462. The highest BCUT2D eigenvalue weighted by molar-refractivity contribution is 6.05. The van der Waals surface area contributed by atoms with E-state index in [4.69, 9.17) is 4.74 Å². The van der Waals surface area contributed by atoms with Gasteiger partial charge in [0.25, 0.3) is 0 Å². The van der Waals surface area contributed by atoms with Gasteiger partial charge in [-0.2, -0.15) is 0 Å². The second kappa shape index (κ2) is 7.67. The van der Waals surface area contributed by atoms with Crippen LogP contribution in [-0.4, -0.2) is 50.2 Å². The predicted molar refractivity (Wildman–Crippen MR) is 118 cm³/mol. The van der Waals surface area contributed by atoms with Crippen LogP contribution < -0.4 is 10.4 Å². The fourth-order valence-electron chi connectivity index (χ4n) is 3.60. The van der Waals surface area contributed by atoms with Crippen LogP contribution in [0.1, 0.15) is 5.56 Å². The van der Waals surface area contributed by atoms with Gasteiger partial charge in [-0.3, -0.25) is 9.55 Å². The summed E-state index contributed by atoms with van der Waals surface area (Å²) < 4.78 is 22.8. The number of pyridine rings is 1. The third-order valence-corrected chi connectivity index (χ3v) is 4.99. The maximum atomic E-state index is 14.6. The van der Waals surface area contributed by atoms with Gasteiger partial charge in [-0.25, -0.2) is 23.7 Å². The number of allylic oxidation sites excluding steroid dienone is 2. The molecule has 4 rings (SSSR count). The normalized spacial score (nSPS) is 11.8. The summed E-state index contributed by atoms with van der Waals surface area (Å²) in [5, 5.41) is 0.649. The molecule has 0 aliphatic rings. The third-order valence-electron chi connectivity index (χ3n) is 4.99. The summed E-state index contributed by atoms with van der Waals surface area (Å²) in [4.78, 5) is 27.1. The molecule has 0 aliphatic carbocycles. The largest absolute Gasteiger partial charge is 0.496 e. The Hall–Kier alpha value is -4.01. The van der Waals surface area contributed by atoms with Crippen molar-refractivity contribution >= 4 is 27.5 Å². The molecule has 8 nitrogen and oxygen atoms in total. The van der Waals surface area contributed by atoms with E-state index in [9.17, 15) is 9.18 Å². The van der Waals surface area contributed by atoms with Crippen LogP contribution in [-0.2, 0) is 7.05 Å². The number of aromatic nitrogens is 5. The summed E-state index contributed by atoms with van der Waals surface area (Å²) >= 11 is 0. The molecule has 0 atom stereocenters. The van der Waals surface area contributed by atoms with Crippen LogP contribution in [0.15, 0.2) is 54.5 Å². The Morgan fingerprint density at radius 2 is 2.03 bits per heavy atom. The van der Waals surface area contributed by atoms with E-state index in [1.165, 1.54) is 15.5 Å². The number of hydrogen-bond acceptors (Lipinski definition) is 6. The Labute approximate surface area is 177 Å². The standard InChI is InChI=1S/C22H21FN6O2/c1-6-13(11-27(2)3)14-7-15-17(8-19(14)31-5)25-10-18-20(15)29(22(30)28(18)4)21-16(23)9-24-12-26-21/h6-12H,1H2,2-5H3/b13-11+. The lowest BCUT2D eigenvalue weighted by Crippen LogP contribution is -2.22. The van der Waals surface area contributed by atoms with E-state index in [1.807, 2.05) is 31.3 Å². The summed E-state index contributed by atoms with van der Waals surface area (Å²) in [7, 11) is 7.00. The Balaban J connectivity index is 2.18. The number of methoxy groups -OCH3 is 1. The molecule has 31 heavy (non-hydrogen) atoms. The van der Waals surface area contributed by atoms with Gasteiger partial charge >= 0.3 is 5.69 Å². The lowest BCUT2D eigenvalue weighted by Gasteiger charge is -2.14. The minimum absolute atomic E-state index is 0.122. The first-order valence-electron chi connectivity index (χ1n) is 9.42. The molecule has 0 unspecified atom stereocenters. The summed E-state index contributed by atoms with van der Waals surface area (Å²) in [6.07, 6.45) is 7.45. The molecule has 0 amide bonds. The molecule has 0 N–H and O–H groups in total. The number of benzene rings is 1. The van der Waals surface area contributed by atoms with E-state index < -0.39 is 11.5 Å². The summed E-state index contributed by atoms with van der Waals surface area (Å²) in [5.41, 5.74) is 2.77. The number of hydrogen-bond donors (Lipinski definition) is 0.